The van der Waals surface area contributed by atoms with Crippen LogP contribution in [0.4, 0.5) is 0 Å². The van der Waals surface area contributed by atoms with Crippen LogP contribution in [-0.4, -0.2) is 44.1 Å². The van der Waals surface area contributed by atoms with Gasteiger partial charge in [0.25, 0.3) is 5.91 Å². The van der Waals surface area contributed by atoms with Gasteiger partial charge in [-0.1, -0.05) is 30.3 Å². The van der Waals surface area contributed by atoms with Crippen LogP contribution in [0.3, 0.4) is 0 Å². The van der Waals surface area contributed by atoms with Crippen molar-refractivity contribution in [1.29, 1.82) is 0 Å². The van der Waals surface area contributed by atoms with Crippen molar-refractivity contribution in [2.24, 2.45) is 0 Å². The van der Waals surface area contributed by atoms with Gasteiger partial charge in [0.05, 0.1) is 7.11 Å². The lowest BCUT2D eigenvalue weighted by Crippen LogP contribution is -2.30. The van der Waals surface area contributed by atoms with Crippen molar-refractivity contribution in [1.82, 2.24) is 5.32 Å². The Hall–Kier alpha value is -2.12. The van der Waals surface area contributed by atoms with Crippen LogP contribution in [0.2, 0.25) is 0 Å². The van der Waals surface area contributed by atoms with Crippen molar-refractivity contribution < 1.29 is 19.1 Å². The van der Waals surface area contributed by atoms with E-state index in [1.54, 1.807) is 35.7 Å². The van der Waals surface area contributed by atoms with Crippen LogP contribution < -0.4 is 10.1 Å². The third-order valence-electron chi connectivity index (χ3n) is 3.64. The Balaban J connectivity index is 1.68. The van der Waals surface area contributed by atoms with Crippen LogP contribution in [0.1, 0.15) is 15.9 Å². The van der Waals surface area contributed by atoms with Gasteiger partial charge in [-0.2, -0.15) is 11.8 Å². The molecule has 7 heteroatoms. The molecular formula is C20H23NO4S2. The highest BCUT2D eigenvalue weighted by molar-refractivity contribution is 7.98. The van der Waals surface area contributed by atoms with E-state index in [0.29, 0.717) is 17.9 Å². The molecule has 0 fully saturated rings. The first-order chi connectivity index (χ1) is 13.1. The fourth-order valence-corrected chi connectivity index (χ4v) is 3.50. The number of benzene rings is 2. The number of ether oxygens (including phenoxy) is 2. The van der Waals surface area contributed by atoms with Crippen molar-refractivity contribution in [2.75, 3.05) is 32.3 Å². The lowest BCUT2D eigenvalue weighted by atomic mass is 10.2. The highest BCUT2D eigenvalue weighted by atomic mass is 32.2. The van der Waals surface area contributed by atoms with Gasteiger partial charge in [-0.15, -0.1) is 11.8 Å². The summed E-state index contributed by atoms with van der Waals surface area (Å²) in [5.74, 6) is 1.23. The van der Waals surface area contributed by atoms with E-state index in [2.05, 4.69) is 17.4 Å². The van der Waals surface area contributed by atoms with Crippen LogP contribution in [0.25, 0.3) is 0 Å². The van der Waals surface area contributed by atoms with Crippen LogP contribution in [0.5, 0.6) is 5.75 Å². The zero-order valence-electron chi connectivity index (χ0n) is 15.4. The average Bonchev–Trinajstić information content (AvgIpc) is 2.72. The SMILES string of the molecule is COc1cc(SC)ccc1C(=O)OCC(=O)NCCSCc1ccccc1. The molecule has 0 saturated carbocycles. The predicted octanol–water partition coefficient (Wildman–Crippen LogP) is 3.62. The number of rotatable bonds is 10. The van der Waals surface area contributed by atoms with Crippen molar-refractivity contribution >= 4 is 35.4 Å². The minimum absolute atomic E-state index is 0.307. The lowest BCUT2D eigenvalue weighted by molar-refractivity contribution is -0.124. The molecule has 2 rings (SSSR count). The third kappa shape index (κ3) is 7.19. The van der Waals surface area contributed by atoms with Crippen molar-refractivity contribution in [3.63, 3.8) is 0 Å². The molecule has 0 radical (unpaired) electrons. The molecule has 0 aliphatic rings. The van der Waals surface area contributed by atoms with Gasteiger partial charge in [0.1, 0.15) is 11.3 Å². The van der Waals surface area contributed by atoms with Gasteiger partial charge in [-0.05, 0) is 30.0 Å². The zero-order valence-corrected chi connectivity index (χ0v) is 17.0. The lowest BCUT2D eigenvalue weighted by Gasteiger charge is -2.10. The summed E-state index contributed by atoms with van der Waals surface area (Å²) in [4.78, 5) is 25.0. The molecule has 2 aromatic carbocycles. The van der Waals surface area contributed by atoms with E-state index in [1.165, 1.54) is 12.7 Å². The molecular weight excluding hydrogens is 382 g/mol. The van der Waals surface area contributed by atoms with Gasteiger partial charge in [-0.3, -0.25) is 4.79 Å². The average molecular weight is 406 g/mol. The summed E-state index contributed by atoms with van der Waals surface area (Å²) in [6.07, 6.45) is 1.94. The number of thioether (sulfide) groups is 2. The molecule has 0 atom stereocenters. The van der Waals surface area contributed by atoms with Gasteiger partial charge in [0.15, 0.2) is 6.61 Å². The summed E-state index contributed by atoms with van der Waals surface area (Å²) in [5, 5.41) is 2.75. The normalized spacial score (nSPS) is 10.3. The van der Waals surface area contributed by atoms with E-state index in [9.17, 15) is 9.59 Å². The van der Waals surface area contributed by atoms with E-state index < -0.39 is 5.97 Å². The number of carbonyl (C=O) groups is 2. The zero-order chi connectivity index (χ0) is 19.5. The Morgan fingerprint density at radius 1 is 1.11 bits per heavy atom. The Morgan fingerprint density at radius 2 is 1.89 bits per heavy atom. The molecule has 27 heavy (non-hydrogen) atoms. The molecule has 2 aromatic rings. The number of esters is 1. The van der Waals surface area contributed by atoms with E-state index in [-0.39, 0.29) is 12.5 Å². The monoisotopic (exact) mass is 405 g/mol. The molecule has 0 spiro atoms. The van der Waals surface area contributed by atoms with E-state index >= 15 is 0 Å². The summed E-state index contributed by atoms with van der Waals surface area (Å²) in [5.41, 5.74) is 1.56. The summed E-state index contributed by atoms with van der Waals surface area (Å²) >= 11 is 3.29. The molecule has 0 aliphatic heterocycles. The second-order valence-corrected chi connectivity index (χ2v) is 7.52. The molecule has 0 aromatic heterocycles. The summed E-state index contributed by atoms with van der Waals surface area (Å²) < 4.78 is 10.3. The van der Waals surface area contributed by atoms with E-state index in [0.717, 1.165) is 16.4 Å². The number of hydrogen-bond acceptors (Lipinski definition) is 6. The first-order valence-corrected chi connectivity index (χ1v) is 10.8. The molecule has 0 aliphatic carbocycles. The highest BCUT2D eigenvalue weighted by Crippen LogP contribution is 2.25. The molecule has 0 heterocycles. The van der Waals surface area contributed by atoms with E-state index in [1.807, 2.05) is 30.5 Å². The summed E-state index contributed by atoms with van der Waals surface area (Å²) in [7, 11) is 1.50. The van der Waals surface area contributed by atoms with Crippen LogP contribution in [0.15, 0.2) is 53.4 Å². The fraction of sp³-hybridized carbons (Fsp3) is 0.300. The van der Waals surface area contributed by atoms with Gasteiger partial charge in [0.2, 0.25) is 0 Å². The molecule has 0 bridgehead atoms. The van der Waals surface area contributed by atoms with Gasteiger partial charge in [-0.25, -0.2) is 4.79 Å². The van der Waals surface area contributed by atoms with Crippen LogP contribution in [0, 0.1) is 0 Å². The summed E-state index contributed by atoms with van der Waals surface area (Å²) in [6.45, 7) is 0.218. The molecule has 144 valence electrons. The Labute approximate surface area is 168 Å². The second kappa shape index (κ2) is 11.6. The minimum Gasteiger partial charge on any atom is -0.496 e. The van der Waals surface area contributed by atoms with Gasteiger partial charge < -0.3 is 14.8 Å². The largest absolute Gasteiger partial charge is 0.496 e. The van der Waals surface area contributed by atoms with Crippen molar-refractivity contribution in [3.8, 4) is 5.75 Å². The minimum atomic E-state index is -0.576. The Bertz CT molecular complexity index is 753. The van der Waals surface area contributed by atoms with E-state index in [4.69, 9.17) is 9.47 Å². The maximum Gasteiger partial charge on any atom is 0.342 e. The number of amides is 1. The quantitative estimate of drug-likeness (QED) is 0.370. The molecule has 1 N–H and O–H groups in total. The standard InChI is InChI=1S/C20H23NO4S2/c1-24-18-12-16(26-2)8-9-17(18)20(23)25-13-19(22)21-10-11-27-14-15-6-4-3-5-7-15/h3-9,12H,10-11,13-14H2,1-2H3,(H,21,22). The molecule has 1 amide bonds. The maximum absolute atomic E-state index is 12.2. The number of hydrogen-bond donors (Lipinski definition) is 1. The maximum atomic E-state index is 12.2. The van der Waals surface area contributed by atoms with Crippen LogP contribution in [-0.2, 0) is 15.3 Å². The topological polar surface area (TPSA) is 64.6 Å². The molecule has 5 nitrogen and oxygen atoms in total. The van der Waals surface area contributed by atoms with Crippen molar-refractivity contribution in [2.45, 2.75) is 10.6 Å². The number of carbonyl (C=O) groups excluding carboxylic acids is 2. The second-order valence-electron chi connectivity index (χ2n) is 5.53. The van der Waals surface area contributed by atoms with Gasteiger partial charge in [0, 0.05) is 22.9 Å². The first kappa shape index (κ1) is 21.2. The van der Waals surface area contributed by atoms with Crippen LogP contribution >= 0.6 is 23.5 Å². The third-order valence-corrected chi connectivity index (χ3v) is 5.40. The summed E-state index contributed by atoms with van der Waals surface area (Å²) in [6, 6.07) is 15.4. The highest BCUT2D eigenvalue weighted by Gasteiger charge is 2.15. The number of nitrogens with one attached hydrogen (secondary N) is 1. The first-order valence-electron chi connectivity index (χ1n) is 8.41. The van der Waals surface area contributed by atoms with Gasteiger partial charge >= 0.3 is 5.97 Å². The Kier molecular flexibility index (Phi) is 9.07. The molecule has 0 unspecified atom stereocenters. The predicted molar refractivity (Wildman–Crippen MR) is 111 cm³/mol. The van der Waals surface area contributed by atoms with Crippen molar-refractivity contribution in [3.05, 3.63) is 59.7 Å². The molecule has 0 saturated heterocycles. The fourth-order valence-electron chi connectivity index (χ4n) is 2.25. The smallest absolute Gasteiger partial charge is 0.342 e. The Morgan fingerprint density at radius 3 is 2.59 bits per heavy atom. The number of methoxy groups -OCH3 is 1.